The molecule has 0 radical (unpaired) electrons. The van der Waals surface area contributed by atoms with E-state index in [2.05, 4.69) is 13.8 Å². The smallest absolute Gasteiger partial charge is 0.127 e. The Bertz CT molecular complexity index is 449. The summed E-state index contributed by atoms with van der Waals surface area (Å²) in [5, 5.41) is 0. The van der Waals surface area contributed by atoms with Crippen molar-refractivity contribution in [2.75, 3.05) is 0 Å². The maximum Gasteiger partial charge on any atom is 0.127 e. The van der Waals surface area contributed by atoms with Gasteiger partial charge in [0.25, 0.3) is 0 Å². The molecule has 0 saturated heterocycles. The van der Waals surface area contributed by atoms with Crippen molar-refractivity contribution in [1.82, 2.24) is 0 Å². The molecule has 0 bridgehead atoms. The van der Waals surface area contributed by atoms with Gasteiger partial charge in [-0.1, -0.05) is 38.7 Å². The number of hydrogen-bond acceptors (Lipinski definition) is 2. The van der Waals surface area contributed by atoms with Crippen molar-refractivity contribution in [3.63, 3.8) is 0 Å². The van der Waals surface area contributed by atoms with Crippen LogP contribution in [0.3, 0.4) is 0 Å². The Labute approximate surface area is 121 Å². The fourth-order valence-electron chi connectivity index (χ4n) is 3.04. The molecular weight excluding hydrogens is 253 g/mol. The Balaban J connectivity index is 1.97. The second kappa shape index (κ2) is 6.57. The zero-order valence-electron chi connectivity index (χ0n) is 12.6. The van der Waals surface area contributed by atoms with Crippen molar-refractivity contribution < 1.29 is 9.13 Å². The molecule has 0 aliphatic carbocycles. The molecule has 1 aliphatic rings. The van der Waals surface area contributed by atoms with Crippen LogP contribution < -0.4 is 10.5 Å². The van der Waals surface area contributed by atoms with E-state index < -0.39 is 0 Å². The second-order valence-corrected chi connectivity index (χ2v) is 6.21. The number of halogens is 1. The fourth-order valence-corrected chi connectivity index (χ4v) is 3.04. The standard InChI is InChI=1S/C17H26FNO/c1-3-4-5-6-7-10-17(2)12-15(19)14-9-8-13(18)11-16(14)20-17/h8-9,11,15H,3-7,10,12,19H2,1-2H3/t15-,17?/m0/s1. The minimum absolute atomic E-state index is 0.0556. The zero-order valence-corrected chi connectivity index (χ0v) is 12.6. The van der Waals surface area contributed by atoms with Crippen molar-refractivity contribution in [1.29, 1.82) is 0 Å². The molecule has 0 saturated carbocycles. The zero-order chi connectivity index (χ0) is 14.6. The van der Waals surface area contributed by atoms with Gasteiger partial charge in [-0.05, 0) is 25.8 Å². The van der Waals surface area contributed by atoms with Gasteiger partial charge >= 0.3 is 0 Å². The minimum Gasteiger partial charge on any atom is -0.487 e. The molecular formula is C17H26FNO. The van der Waals surface area contributed by atoms with Crippen LogP contribution >= 0.6 is 0 Å². The molecule has 20 heavy (non-hydrogen) atoms. The predicted octanol–water partition coefficient (Wildman–Crippen LogP) is 4.73. The Hall–Kier alpha value is -1.09. The minimum atomic E-state index is -0.261. The molecule has 1 heterocycles. The lowest BCUT2D eigenvalue weighted by Crippen LogP contribution is -2.40. The van der Waals surface area contributed by atoms with E-state index >= 15 is 0 Å². The van der Waals surface area contributed by atoms with Gasteiger partial charge < -0.3 is 10.5 Å². The van der Waals surface area contributed by atoms with Gasteiger partial charge in [0.05, 0.1) is 0 Å². The summed E-state index contributed by atoms with van der Waals surface area (Å²) in [6.07, 6.45) is 8.01. The van der Waals surface area contributed by atoms with Crippen LogP contribution in [0.1, 0.15) is 70.4 Å². The third kappa shape index (κ3) is 3.72. The van der Waals surface area contributed by atoms with Gasteiger partial charge in [-0.25, -0.2) is 4.39 Å². The van der Waals surface area contributed by atoms with E-state index in [0.29, 0.717) is 5.75 Å². The van der Waals surface area contributed by atoms with Crippen LogP contribution in [-0.4, -0.2) is 5.60 Å². The first-order chi connectivity index (χ1) is 9.54. The molecule has 3 heteroatoms. The summed E-state index contributed by atoms with van der Waals surface area (Å²) in [5.41, 5.74) is 6.89. The maximum atomic E-state index is 13.3. The van der Waals surface area contributed by atoms with Crippen LogP contribution in [0.5, 0.6) is 5.75 Å². The lowest BCUT2D eigenvalue weighted by Gasteiger charge is -2.39. The predicted molar refractivity (Wildman–Crippen MR) is 80.4 cm³/mol. The van der Waals surface area contributed by atoms with Crippen molar-refractivity contribution in [2.24, 2.45) is 5.73 Å². The van der Waals surface area contributed by atoms with Crippen molar-refractivity contribution >= 4 is 0 Å². The molecule has 0 fully saturated rings. The molecule has 112 valence electrons. The lowest BCUT2D eigenvalue weighted by atomic mass is 9.85. The summed E-state index contributed by atoms with van der Waals surface area (Å²) in [5.74, 6) is 0.364. The highest BCUT2D eigenvalue weighted by Crippen LogP contribution is 2.40. The molecule has 2 rings (SSSR count). The van der Waals surface area contributed by atoms with Crippen molar-refractivity contribution in [3.05, 3.63) is 29.6 Å². The summed E-state index contributed by atoms with van der Waals surface area (Å²) >= 11 is 0. The molecule has 0 amide bonds. The number of benzene rings is 1. The van der Waals surface area contributed by atoms with Gasteiger partial charge in [-0.3, -0.25) is 0 Å². The van der Waals surface area contributed by atoms with Crippen molar-refractivity contribution in [3.8, 4) is 5.75 Å². The van der Waals surface area contributed by atoms with Gasteiger partial charge in [0, 0.05) is 24.1 Å². The van der Waals surface area contributed by atoms with Crippen LogP contribution in [0.15, 0.2) is 18.2 Å². The van der Waals surface area contributed by atoms with E-state index in [-0.39, 0.29) is 17.5 Å². The fraction of sp³-hybridized carbons (Fsp3) is 0.647. The number of unbranched alkanes of at least 4 members (excludes halogenated alkanes) is 4. The third-order valence-corrected chi connectivity index (χ3v) is 4.19. The molecule has 2 nitrogen and oxygen atoms in total. The van der Waals surface area contributed by atoms with Crippen LogP contribution in [0, 0.1) is 5.82 Å². The highest BCUT2D eigenvalue weighted by atomic mass is 19.1. The highest BCUT2D eigenvalue weighted by molar-refractivity contribution is 5.39. The number of fused-ring (bicyclic) bond motifs is 1. The molecule has 0 aromatic heterocycles. The second-order valence-electron chi connectivity index (χ2n) is 6.21. The normalized spacial score (nSPS) is 25.1. The van der Waals surface area contributed by atoms with E-state index in [1.54, 1.807) is 6.07 Å². The average Bonchev–Trinajstić information content (AvgIpc) is 2.37. The largest absolute Gasteiger partial charge is 0.487 e. The van der Waals surface area contributed by atoms with Crippen LogP contribution in [0.2, 0.25) is 0 Å². The van der Waals surface area contributed by atoms with E-state index in [0.717, 1.165) is 24.8 Å². The SMILES string of the molecule is CCCCCCCC1(C)C[C@H](N)c2ccc(F)cc2O1. The van der Waals surface area contributed by atoms with Gasteiger partial charge in [0.1, 0.15) is 17.2 Å². The Morgan fingerprint density at radius 2 is 2.05 bits per heavy atom. The molecule has 1 aliphatic heterocycles. The monoisotopic (exact) mass is 279 g/mol. The first-order valence-corrected chi connectivity index (χ1v) is 7.78. The van der Waals surface area contributed by atoms with E-state index in [1.807, 2.05) is 0 Å². The number of rotatable bonds is 6. The summed E-state index contributed by atoms with van der Waals surface area (Å²) in [4.78, 5) is 0. The molecule has 1 aromatic rings. The molecule has 2 N–H and O–H groups in total. The van der Waals surface area contributed by atoms with Crippen LogP contribution in [0.4, 0.5) is 4.39 Å². The van der Waals surface area contributed by atoms with E-state index in [4.69, 9.17) is 10.5 Å². The van der Waals surface area contributed by atoms with Crippen molar-refractivity contribution in [2.45, 2.75) is 70.4 Å². The van der Waals surface area contributed by atoms with Crippen LogP contribution in [0.25, 0.3) is 0 Å². The average molecular weight is 279 g/mol. The summed E-state index contributed by atoms with van der Waals surface area (Å²) in [7, 11) is 0. The number of ether oxygens (including phenoxy) is 1. The first kappa shape index (κ1) is 15.3. The third-order valence-electron chi connectivity index (χ3n) is 4.19. The first-order valence-electron chi connectivity index (χ1n) is 7.78. The molecule has 0 spiro atoms. The summed E-state index contributed by atoms with van der Waals surface area (Å²) in [6.45, 7) is 4.32. The summed E-state index contributed by atoms with van der Waals surface area (Å²) in [6, 6.07) is 4.61. The highest BCUT2D eigenvalue weighted by Gasteiger charge is 2.35. The molecule has 1 unspecified atom stereocenters. The molecule has 1 aromatic carbocycles. The van der Waals surface area contributed by atoms with Crippen LogP contribution in [-0.2, 0) is 0 Å². The number of nitrogens with two attached hydrogens (primary N) is 1. The van der Waals surface area contributed by atoms with Gasteiger partial charge in [-0.15, -0.1) is 0 Å². The van der Waals surface area contributed by atoms with E-state index in [1.165, 1.54) is 37.8 Å². The molecule has 2 atom stereocenters. The Morgan fingerprint density at radius 3 is 2.80 bits per heavy atom. The van der Waals surface area contributed by atoms with Gasteiger partial charge in [0.15, 0.2) is 0 Å². The Kier molecular flexibility index (Phi) is 5.03. The quantitative estimate of drug-likeness (QED) is 0.764. The number of hydrogen-bond donors (Lipinski definition) is 1. The maximum absolute atomic E-state index is 13.3. The van der Waals surface area contributed by atoms with Gasteiger partial charge in [0.2, 0.25) is 0 Å². The summed E-state index contributed by atoms with van der Waals surface area (Å²) < 4.78 is 19.4. The Morgan fingerprint density at radius 1 is 1.30 bits per heavy atom. The van der Waals surface area contributed by atoms with E-state index in [9.17, 15) is 4.39 Å². The van der Waals surface area contributed by atoms with Gasteiger partial charge in [-0.2, -0.15) is 0 Å². The lowest BCUT2D eigenvalue weighted by molar-refractivity contribution is 0.0426. The topological polar surface area (TPSA) is 35.2 Å².